The average Bonchev–Trinajstić information content (AvgIpc) is 2.42. The lowest BCUT2D eigenvalue weighted by molar-refractivity contribution is 0.339. The van der Waals surface area contributed by atoms with E-state index in [0.717, 1.165) is 11.3 Å². The van der Waals surface area contributed by atoms with Crippen LogP contribution >= 0.6 is 0 Å². The van der Waals surface area contributed by atoms with Crippen LogP contribution in [0.1, 0.15) is 25.5 Å². The van der Waals surface area contributed by atoms with Crippen molar-refractivity contribution in [3.05, 3.63) is 48.2 Å². The monoisotopic (exact) mass is 258 g/mol. The van der Waals surface area contributed by atoms with Crippen molar-refractivity contribution in [3.63, 3.8) is 0 Å². The Labute approximate surface area is 113 Å². The third kappa shape index (κ3) is 3.45. The van der Waals surface area contributed by atoms with Gasteiger partial charge in [-0.3, -0.25) is 0 Å². The molecule has 0 aliphatic rings. The Morgan fingerprint density at radius 3 is 2.47 bits per heavy atom. The Balaban J connectivity index is 2.17. The molecule has 1 aromatic carbocycles. The summed E-state index contributed by atoms with van der Waals surface area (Å²) in [7, 11) is 0. The summed E-state index contributed by atoms with van der Waals surface area (Å²) in [4.78, 5) is 4.22. The van der Waals surface area contributed by atoms with Gasteiger partial charge in [-0.25, -0.2) is 4.98 Å². The molecule has 4 heteroatoms. The molecule has 2 N–H and O–H groups in total. The van der Waals surface area contributed by atoms with Crippen molar-refractivity contribution in [2.45, 2.75) is 19.9 Å². The van der Waals surface area contributed by atoms with Crippen LogP contribution in [0.4, 0.5) is 0 Å². The number of pyridine rings is 1. The van der Waals surface area contributed by atoms with Crippen molar-refractivity contribution >= 4 is 0 Å². The fraction of sp³-hybridized carbons (Fsp3) is 0.267. The molecule has 4 nitrogen and oxygen atoms in total. The predicted octanol–water partition coefficient (Wildman–Crippen LogP) is 3.29. The van der Waals surface area contributed by atoms with Crippen molar-refractivity contribution in [2.24, 2.45) is 5.73 Å². The number of nitrogens with zero attached hydrogens (tertiary/aromatic N) is 1. The summed E-state index contributed by atoms with van der Waals surface area (Å²) >= 11 is 0. The van der Waals surface area contributed by atoms with Gasteiger partial charge in [0.1, 0.15) is 11.5 Å². The molecule has 1 heterocycles. The number of benzene rings is 1. The van der Waals surface area contributed by atoms with Gasteiger partial charge in [0.2, 0.25) is 5.88 Å². The van der Waals surface area contributed by atoms with Crippen molar-refractivity contribution in [2.75, 3.05) is 6.61 Å². The zero-order valence-corrected chi connectivity index (χ0v) is 11.2. The molecular weight excluding hydrogens is 240 g/mol. The molecule has 0 radical (unpaired) electrons. The molecule has 0 spiro atoms. The van der Waals surface area contributed by atoms with Gasteiger partial charge in [-0.05, 0) is 44.2 Å². The number of hydrogen-bond acceptors (Lipinski definition) is 4. The molecule has 19 heavy (non-hydrogen) atoms. The molecule has 0 fully saturated rings. The molecule has 2 rings (SSSR count). The van der Waals surface area contributed by atoms with Crippen LogP contribution in [0.15, 0.2) is 42.6 Å². The first kappa shape index (κ1) is 13.4. The molecule has 0 amide bonds. The molecule has 0 saturated heterocycles. The third-order valence-corrected chi connectivity index (χ3v) is 2.64. The number of rotatable bonds is 5. The van der Waals surface area contributed by atoms with E-state index in [9.17, 15) is 0 Å². The molecule has 0 unspecified atom stereocenters. The zero-order valence-electron chi connectivity index (χ0n) is 11.2. The van der Waals surface area contributed by atoms with E-state index in [-0.39, 0.29) is 6.04 Å². The second-order valence-corrected chi connectivity index (χ2v) is 4.19. The normalized spacial score (nSPS) is 11.9. The Morgan fingerprint density at radius 2 is 1.84 bits per heavy atom. The average molecular weight is 258 g/mol. The SMILES string of the molecule is CCOc1ccc(Oc2ncccc2[C@H](C)N)cc1. The van der Waals surface area contributed by atoms with Gasteiger partial charge < -0.3 is 15.2 Å². The van der Waals surface area contributed by atoms with Crippen molar-refractivity contribution in [3.8, 4) is 17.4 Å². The highest BCUT2D eigenvalue weighted by atomic mass is 16.5. The van der Waals surface area contributed by atoms with Crippen LogP contribution in [0, 0.1) is 0 Å². The summed E-state index contributed by atoms with van der Waals surface area (Å²) in [5.41, 5.74) is 6.78. The predicted molar refractivity (Wildman–Crippen MR) is 74.5 cm³/mol. The second-order valence-electron chi connectivity index (χ2n) is 4.19. The maximum atomic E-state index is 5.89. The van der Waals surface area contributed by atoms with Crippen LogP contribution < -0.4 is 15.2 Å². The molecule has 0 aliphatic carbocycles. The van der Waals surface area contributed by atoms with Crippen LogP contribution in [0.2, 0.25) is 0 Å². The maximum absolute atomic E-state index is 5.89. The Hall–Kier alpha value is -2.07. The Morgan fingerprint density at radius 1 is 1.16 bits per heavy atom. The van der Waals surface area contributed by atoms with Crippen molar-refractivity contribution in [1.82, 2.24) is 4.98 Å². The van der Waals surface area contributed by atoms with Gasteiger partial charge in [0.15, 0.2) is 0 Å². The first-order chi connectivity index (χ1) is 9.20. The van der Waals surface area contributed by atoms with E-state index >= 15 is 0 Å². The van der Waals surface area contributed by atoms with Crippen LogP contribution in [0.25, 0.3) is 0 Å². The molecule has 100 valence electrons. The first-order valence-corrected chi connectivity index (χ1v) is 6.32. The van der Waals surface area contributed by atoms with Gasteiger partial charge >= 0.3 is 0 Å². The van der Waals surface area contributed by atoms with E-state index < -0.39 is 0 Å². The summed E-state index contributed by atoms with van der Waals surface area (Å²) in [6, 6.07) is 11.1. The molecule has 0 saturated carbocycles. The van der Waals surface area contributed by atoms with Crippen LogP contribution in [0.5, 0.6) is 17.4 Å². The minimum absolute atomic E-state index is 0.119. The van der Waals surface area contributed by atoms with Crippen LogP contribution in [-0.4, -0.2) is 11.6 Å². The second kappa shape index (κ2) is 6.20. The molecule has 1 aromatic heterocycles. The van der Waals surface area contributed by atoms with Gasteiger partial charge in [-0.1, -0.05) is 6.07 Å². The smallest absolute Gasteiger partial charge is 0.223 e. The highest BCUT2D eigenvalue weighted by molar-refractivity contribution is 5.36. The minimum Gasteiger partial charge on any atom is -0.494 e. The fourth-order valence-corrected chi connectivity index (χ4v) is 1.72. The quantitative estimate of drug-likeness (QED) is 0.894. The maximum Gasteiger partial charge on any atom is 0.223 e. The molecule has 0 bridgehead atoms. The van der Waals surface area contributed by atoms with E-state index in [4.69, 9.17) is 15.2 Å². The largest absolute Gasteiger partial charge is 0.494 e. The molecule has 0 aliphatic heterocycles. The lowest BCUT2D eigenvalue weighted by Gasteiger charge is -2.12. The van der Waals surface area contributed by atoms with Gasteiger partial charge in [0.25, 0.3) is 0 Å². The Kier molecular flexibility index (Phi) is 4.36. The topological polar surface area (TPSA) is 57.4 Å². The van der Waals surface area contributed by atoms with Gasteiger partial charge in [-0.2, -0.15) is 0 Å². The van der Waals surface area contributed by atoms with Crippen molar-refractivity contribution < 1.29 is 9.47 Å². The molecule has 1 atom stereocenters. The van der Waals surface area contributed by atoms with Crippen molar-refractivity contribution in [1.29, 1.82) is 0 Å². The lowest BCUT2D eigenvalue weighted by Crippen LogP contribution is -2.07. The van der Waals surface area contributed by atoms with Crippen LogP contribution in [0.3, 0.4) is 0 Å². The minimum atomic E-state index is -0.119. The lowest BCUT2D eigenvalue weighted by atomic mass is 10.1. The van der Waals surface area contributed by atoms with Gasteiger partial charge in [0, 0.05) is 17.8 Å². The van der Waals surface area contributed by atoms with E-state index in [1.54, 1.807) is 6.20 Å². The number of hydrogen-bond donors (Lipinski definition) is 1. The summed E-state index contributed by atoms with van der Waals surface area (Å²) in [5, 5.41) is 0. The van der Waals surface area contributed by atoms with Gasteiger partial charge in [0.05, 0.1) is 6.61 Å². The highest BCUT2D eigenvalue weighted by Crippen LogP contribution is 2.27. The first-order valence-electron chi connectivity index (χ1n) is 6.32. The zero-order chi connectivity index (χ0) is 13.7. The van der Waals surface area contributed by atoms with E-state index in [1.165, 1.54) is 0 Å². The van der Waals surface area contributed by atoms with E-state index in [0.29, 0.717) is 18.2 Å². The van der Waals surface area contributed by atoms with Gasteiger partial charge in [-0.15, -0.1) is 0 Å². The Bertz CT molecular complexity index is 524. The summed E-state index contributed by atoms with van der Waals surface area (Å²) in [5.74, 6) is 2.08. The highest BCUT2D eigenvalue weighted by Gasteiger charge is 2.09. The number of ether oxygens (including phenoxy) is 2. The molecular formula is C15H18N2O2. The number of nitrogens with two attached hydrogens (primary N) is 1. The summed E-state index contributed by atoms with van der Waals surface area (Å²) in [6.45, 7) is 4.50. The standard InChI is InChI=1S/C15H18N2O2/c1-3-18-12-6-8-13(9-7-12)19-15-14(11(2)16)5-4-10-17-15/h4-11H,3,16H2,1-2H3/t11-/m0/s1. The van der Waals surface area contributed by atoms with E-state index in [2.05, 4.69) is 4.98 Å². The van der Waals surface area contributed by atoms with E-state index in [1.807, 2.05) is 50.2 Å². The fourth-order valence-electron chi connectivity index (χ4n) is 1.72. The molecule has 2 aromatic rings. The third-order valence-electron chi connectivity index (χ3n) is 2.64. The summed E-state index contributed by atoms with van der Waals surface area (Å²) in [6.07, 6.45) is 1.69. The number of aromatic nitrogens is 1. The van der Waals surface area contributed by atoms with Crippen LogP contribution in [-0.2, 0) is 0 Å². The summed E-state index contributed by atoms with van der Waals surface area (Å²) < 4.78 is 11.1.